The molecule has 0 saturated carbocycles. The standard InChI is InChI=1S/C11H11ClO5/c1-5-6(9(13)11(14)15-2)3-7-10(8(5)12)17-4-16-7/h3,9,13H,4H2,1-2H3. The summed E-state index contributed by atoms with van der Waals surface area (Å²) < 4.78 is 14.8. The molecule has 1 N–H and O–H groups in total. The normalized spacial score (nSPS) is 14.6. The topological polar surface area (TPSA) is 65.0 Å². The number of halogens is 1. The molecule has 1 atom stereocenters. The summed E-state index contributed by atoms with van der Waals surface area (Å²) in [4.78, 5) is 11.3. The summed E-state index contributed by atoms with van der Waals surface area (Å²) in [6, 6.07) is 1.53. The van der Waals surface area contributed by atoms with Gasteiger partial charge in [-0.1, -0.05) is 11.6 Å². The Hall–Kier alpha value is -1.46. The fraction of sp³-hybridized carbons (Fsp3) is 0.364. The van der Waals surface area contributed by atoms with E-state index in [1.807, 2.05) is 0 Å². The van der Waals surface area contributed by atoms with E-state index in [-0.39, 0.29) is 6.79 Å². The third kappa shape index (κ3) is 1.92. The van der Waals surface area contributed by atoms with Crippen molar-refractivity contribution in [3.05, 3.63) is 22.2 Å². The van der Waals surface area contributed by atoms with Crippen molar-refractivity contribution in [1.29, 1.82) is 0 Å². The smallest absolute Gasteiger partial charge is 0.339 e. The summed E-state index contributed by atoms with van der Waals surface area (Å²) in [6.45, 7) is 1.76. The van der Waals surface area contributed by atoms with Gasteiger partial charge in [0.1, 0.15) is 0 Å². The number of fused-ring (bicyclic) bond motifs is 1. The SMILES string of the molecule is COC(=O)C(O)c1cc2c(c(Cl)c1C)OCO2. The predicted octanol–water partition coefficient (Wildman–Crippen LogP) is 1.58. The number of aliphatic hydroxyl groups excluding tert-OH is 1. The third-order valence-electron chi connectivity index (χ3n) is 2.61. The highest BCUT2D eigenvalue weighted by Crippen LogP contribution is 2.43. The average Bonchev–Trinajstić information content (AvgIpc) is 2.80. The van der Waals surface area contributed by atoms with Crippen LogP contribution in [0, 0.1) is 6.92 Å². The zero-order chi connectivity index (χ0) is 12.6. The Labute approximate surface area is 103 Å². The van der Waals surface area contributed by atoms with E-state index in [1.165, 1.54) is 13.2 Å². The van der Waals surface area contributed by atoms with Gasteiger partial charge in [0.2, 0.25) is 6.79 Å². The lowest BCUT2D eigenvalue weighted by molar-refractivity contribution is -0.150. The first kappa shape index (κ1) is 12.0. The molecule has 1 aromatic carbocycles. The van der Waals surface area contributed by atoms with Crippen LogP contribution in [0.4, 0.5) is 0 Å². The number of carbonyl (C=O) groups is 1. The molecule has 1 aromatic rings. The maximum Gasteiger partial charge on any atom is 0.339 e. The van der Waals surface area contributed by atoms with Crippen LogP contribution in [0.25, 0.3) is 0 Å². The highest BCUT2D eigenvalue weighted by atomic mass is 35.5. The summed E-state index contributed by atoms with van der Waals surface area (Å²) in [5.41, 5.74) is 0.917. The molecule has 17 heavy (non-hydrogen) atoms. The van der Waals surface area contributed by atoms with Crippen LogP contribution in [0.1, 0.15) is 17.2 Å². The molecular weight excluding hydrogens is 248 g/mol. The van der Waals surface area contributed by atoms with Gasteiger partial charge in [0, 0.05) is 5.56 Å². The fourth-order valence-electron chi connectivity index (χ4n) is 1.64. The van der Waals surface area contributed by atoms with Crippen LogP contribution in [0.3, 0.4) is 0 Å². The number of esters is 1. The maximum atomic E-state index is 11.3. The van der Waals surface area contributed by atoms with E-state index >= 15 is 0 Å². The molecule has 0 radical (unpaired) electrons. The molecule has 1 aliphatic rings. The lowest BCUT2D eigenvalue weighted by Crippen LogP contribution is -2.14. The molecule has 0 aromatic heterocycles. The van der Waals surface area contributed by atoms with E-state index in [9.17, 15) is 9.90 Å². The molecule has 0 fully saturated rings. The van der Waals surface area contributed by atoms with Gasteiger partial charge < -0.3 is 19.3 Å². The van der Waals surface area contributed by atoms with Gasteiger partial charge in [-0.2, -0.15) is 0 Å². The van der Waals surface area contributed by atoms with Crippen molar-refractivity contribution in [2.45, 2.75) is 13.0 Å². The number of aliphatic hydroxyl groups is 1. The molecule has 1 unspecified atom stereocenters. The van der Waals surface area contributed by atoms with Crippen LogP contribution < -0.4 is 9.47 Å². The van der Waals surface area contributed by atoms with Gasteiger partial charge in [-0.15, -0.1) is 0 Å². The summed E-state index contributed by atoms with van der Waals surface area (Å²) in [5, 5.41) is 10.1. The van der Waals surface area contributed by atoms with Crippen molar-refractivity contribution in [2.75, 3.05) is 13.9 Å². The van der Waals surface area contributed by atoms with Gasteiger partial charge in [0.25, 0.3) is 0 Å². The Balaban J connectivity index is 2.49. The second-order valence-electron chi connectivity index (χ2n) is 3.56. The highest BCUT2D eigenvalue weighted by Gasteiger charge is 2.27. The molecule has 92 valence electrons. The van der Waals surface area contributed by atoms with Crippen molar-refractivity contribution in [3.8, 4) is 11.5 Å². The van der Waals surface area contributed by atoms with E-state index in [0.29, 0.717) is 27.6 Å². The number of carbonyl (C=O) groups excluding carboxylic acids is 1. The Bertz CT molecular complexity index is 471. The summed E-state index contributed by atoms with van der Waals surface area (Å²) >= 11 is 6.07. The van der Waals surface area contributed by atoms with Gasteiger partial charge >= 0.3 is 5.97 Å². The Morgan fingerprint density at radius 1 is 1.59 bits per heavy atom. The number of methoxy groups -OCH3 is 1. The molecule has 1 heterocycles. The minimum absolute atomic E-state index is 0.0757. The van der Waals surface area contributed by atoms with Crippen LogP contribution in [-0.4, -0.2) is 25.0 Å². The largest absolute Gasteiger partial charge is 0.467 e. The van der Waals surface area contributed by atoms with Crippen LogP contribution in [0.5, 0.6) is 11.5 Å². The lowest BCUT2D eigenvalue weighted by atomic mass is 10.0. The molecule has 6 heteroatoms. The first-order valence-electron chi connectivity index (χ1n) is 4.90. The number of hydrogen-bond donors (Lipinski definition) is 1. The Morgan fingerprint density at radius 2 is 2.29 bits per heavy atom. The molecule has 0 saturated heterocycles. The molecule has 2 rings (SSSR count). The van der Waals surface area contributed by atoms with Gasteiger partial charge in [0.15, 0.2) is 17.6 Å². The van der Waals surface area contributed by atoms with Gasteiger partial charge in [-0.25, -0.2) is 4.79 Å². The predicted molar refractivity (Wildman–Crippen MR) is 59.3 cm³/mol. The van der Waals surface area contributed by atoms with Crippen LogP contribution in [0.2, 0.25) is 5.02 Å². The molecular formula is C11H11ClO5. The highest BCUT2D eigenvalue weighted by molar-refractivity contribution is 6.33. The molecule has 1 aliphatic heterocycles. The van der Waals surface area contributed by atoms with E-state index in [2.05, 4.69) is 4.74 Å². The minimum atomic E-state index is -1.38. The maximum absolute atomic E-state index is 11.3. The zero-order valence-corrected chi connectivity index (χ0v) is 10.1. The number of benzene rings is 1. The first-order valence-corrected chi connectivity index (χ1v) is 5.28. The van der Waals surface area contributed by atoms with Crippen molar-refractivity contribution in [1.82, 2.24) is 0 Å². The first-order chi connectivity index (χ1) is 8.06. The molecule has 0 aliphatic carbocycles. The fourth-order valence-corrected chi connectivity index (χ4v) is 1.89. The number of rotatable bonds is 2. The number of hydrogen-bond acceptors (Lipinski definition) is 5. The minimum Gasteiger partial charge on any atom is -0.467 e. The van der Waals surface area contributed by atoms with Gasteiger partial charge in [-0.05, 0) is 18.6 Å². The van der Waals surface area contributed by atoms with Crippen LogP contribution in [-0.2, 0) is 9.53 Å². The van der Waals surface area contributed by atoms with E-state index in [0.717, 1.165) is 0 Å². The molecule has 0 bridgehead atoms. The lowest BCUT2D eigenvalue weighted by Gasteiger charge is -2.14. The second kappa shape index (κ2) is 4.43. The zero-order valence-electron chi connectivity index (χ0n) is 9.32. The van der Waals surface area contributed by atoms with Crippen LogP contribution >= 0.6 is 11.6 Å². The van der Waals surface area contributed by atoms with E-state index < -0.39 is 12.1 Å². The Kier molecular flexibility index (Phi) is 3.13. The number of ether oxygens (including phenoxy) is 3. The summed E-state index contributed by atoms with van der Waals surface area (Å²) in [6.07, 6.45) is -1.38. The van der Waals surface area contributed by atoms with Crippen molar-refractivity contribution in [3.63, 3.8) is 0 Å². The molecule has 5 nitrogen and oxygen atoms in total. The summed E-state index contributed by atoms with van der Waals surface area (Å²) in [5.74, 6) is 0.103. The quantitative estimate of drug-likeness (QED) is 0.816. The van der Waals surface area contributed by atoms with Crippen molar-refractivity contribution in [2.24, 2.45) is 0 Å². The second-order valence-corrected chi connectivity index (χ2v) is 3.94. The van der Waals surface area contributed by atoms with E-state index in [1.54, 1.807) is 6.92 Å². The van der Waals surface area contributed by atoms with Crippen molar-refractivity contribution < 1.29 is 24.1 Å². The van der Waals surface area contributed by atoms with Gasteiger partial charge in [0.05, 0.1) is 12.1 Å². The summed E-state index contributed by atoms with van der Waals surface area (Å²) in [7, 11) is 1.20. The average molecular weight is 259 g/mol. The Morgan fingerprint density at radius 3 is 2.94 bits per heavy atom. The van der Waals surface area contributed by atoms with E-state index in [4.69, 9.17) is 21.1 Å². The molecule has 0 amide bonds. The molecule has 0 spiro atoms. The third-order valence-corrected chi connectivity index (χ3v) is 3.06. The van der Waals surface area contributed by atoms with Gasteiger partial charge in [-0.3, -0.25) is 0 Å². The van der Waals surface area contributed by atoms with Crippen LogP contribution in [0.15, 0.2) is 6.07 Å². The van der Waals surface area contributed by atoms with Crippen molar-refractivity contribution >= 4 is 17.6 Å². The monoisotopic (exact) mass is 258 g/mol.